The number of aliphatic hydroxyl groups is 3. The molecule has 106 valence electrons. The first-order valence-electron chi connectivity index (χ1n) is 6.29. The van der Waals surface area contributed by atoms with E-state index in [1.165, 1.54) is 0 Å². The summed E-state index contributed by atoms with van der Waals surface area (Å²) in [5.74, 6) is -0.621. The summed E-state index contributed by atoms with van der Waals surface area (Å²) >= 11 is 0. The van der Waals surface area contributed by atoms with Crippen LogP contribution in [0, 0.1) is 11.3 Å². The van der Waals surface area contributed by atoms with Crippen LogP contribution in [-0.2, 0) is 9.63 Å². The van der Waals surface area contributed by atoms with E-state index in [-0.39, 0.29) is 31.7 Å². The standard InChI is InChI=1S/C12H23NO5/c1-9(11(17)18-13-5-10(13)2)3-4-12(6-14,7-15)8-16/h9-10,14-16H,3-8H2,1-2H3. The molecule has 0 aliphatic carbocycles. The average Bonchev–Trinajstić information content (AvgIpc) is 3.07. The topological polar surface area (TPSA) is 90.0 Å². The van der Waals surface area contributed by atoms with Crippen molar-refractivity contribution in [3.05, 3.63) is 0 Å². The number of rotatable bonds is 8. The molecule has 1 aliphatic rings. The van der Waals surface area contributed by atoms with Gasteiger partial charge in [-0.1, -0.05) is 6.92 Å². The van der Waals surface area contributed by atoms with E-state index in [4.69, 9.17) is 4.84 Å². The van der Waals surface area contributed by atoms with Crippen LogP contribution in [0.3, 0.4) is 0 Å². The van der Waals surface area contributed by atoms with Crippen LogP contribution in [0.15, 0.2) is 0 Å². The molecule has 3 unspecified atom stereocenters. The van der Waals surface area contributed by atoms with E-state index in [0.717, 1.165) is 6.54 Å². The Hall–Kier alpha value is -0.690. The van der Waals surface area contributed by atoms with Gasteiger partial charge in [-0.2, -0.15) is 0 Å². The van der Waals surface area contributed by atoms with Crippen molar-refractivity contribution in [3.8, 4) is 0 Å². The molecule has 3 atom stereocenters. The summed E-state index contributed by atoms with van der Waals surface area (Å²) < 4.78 is 0. The van der Waals surface area contributed by atoms with E-state index in [0.29, 0.717) is 18.9 Å². The zero-order valence-electron chi connectivity index (χ0n) is 11.0. The van der Waals surface area contributed by atoms with Gasteiger partial charge in [0, 0.05) is 5.41 Å². The van der Waals surface area contributed by atoms with Crippen LogP contribution in [-0.4, -0.2) is 58.8 Å². The highest BCUT2D eigenvalue weighted by Crippen LogP contribution is 2.26. The van der Waals surface area contributed by atoms with Gasteiger partial charge >= 0.3 is 5.97 Å². The van der Waals surface area contributed by atoms with E-state index in [2.05, 4.69) is 0 Å². The zero-order chi connectivity index (χ0) is 13.8. The highest BCUT2D eigenvalue weighted by molar-refractivity contribution is 5.71. The molecule has 6 nitrogen and oxygen atoms in total. The lowest BCUT2D eigenvalue weighted by Gasteiger charge is -2.28. The van der Waals surface area contributed by atoms with E-state index >= 15 is 0 Å². The number of hydrogen-bond acceptors (Lipinski definition) is 6. The van der Waals surface area contributed by atoms with E-state index in [1.807, 2.05) is 6.92 Å². The first kappa shape index (κ1) is 15.4. The van der Waals surface area contributed by atoms with Gasteiger partial charge in [-0.25, -0.2) is 0 Å². The Labute approximate surface area is 107 Å². The third-order valence-electron chi connectivity index (χ3n) is 3.53. The molecular weight excluding hydrogens is 238 g/mol. The van der Waals surface area contributed by atoms with Crippen molar-refractivity contribution in [2.24, 2.45) is 11.3 Å². The van der Waals surface area contributed by atoms with Crippen LogP contribution in [0.1, 0.15) is 26.7 Å². The summed E-state index contributed by atoms with van der Waals surface area (Å²) in [6, 6.07) is 0.299. The molecule has 0 saturated carbocycles. The Morgan fingerprint density at radius 2 is 1.89 bits per heavy atom. The maximum Gasteiger partial charge on any atom is 0.327 e. The molecule has 0 spiro atoms. The minimum atomic E-state index is -0.915. The van der Waals surface area contributed by atoms with Gasteiger partial charge in [0.05, 0.1) is 38.3 Å². The Balaban J connectivity index is 2.34. The molecule has 1 fully saturated rings. The molecule has 0 bridgehead atoms. The minimum absolute atomic E-state index is 0.299. The fraction of sp³-hybridized carbons (Fsp3) is 0.917. The van der Waals surface area contributed by atoms with Crippen molar-refractivity contribution < 1.29 is 25.0 Å². The maximum absolute atomic E-state index is 11.7. The second-order valence-corrected chi connectivity index (χ2v) is 5.27. The molecule has 1 saturated heterocycles. The molecule has 0 radical (unpaired) electrons. The number of carbonyl (C=O) groups is 1. The second kappa shape index (κ2) is 6.47. The van der Waals surface area contributed by atoms with Crippen molar-refractivity contribution in [1.29, 1.82) is 0 Å². The summed E-state index contributed by atoms with van der Waals surface area (Å²) in [6.45, 7) is 3.58. The van der Waals surface area contributed by atoms with Gasteiger partial charge in [0.2, 0.25) is 0 Å². The third-order valence-corrected chi connectivity index (χ3v) is 3.53. The maximum atomic E-state index is 11.7. The van der Waals surface area contributed by atoms with E-state index in [9.17, 15) is 20.1 Å². The van der Waals surface area contributed by atoms with Crippen molar-refractivity contribution in [2.75, 3.05) is 26.4 Å². The van der Waals surface area contributed by atoms with Gasteiger partial charge in [0.25, 0.3) is 0 Å². The van der Waals surface area contributed by atoms with Crippen LogP contribution in [0.5, 0.6) is 0 Å². The van der Waals surface area contributed by atoms with Crippen LogP contribution in [0.4, 0.5) is 0 Å². The van der Waals surface area contributed by atoms with Crippen LogP contribution in [0.2, 0.25) is 0 Å². The smallest absolute Gasteiger partial charge is 0.327 e. The third kappa shape index (κ3) is 3.91. The van der Waals surface area contributed by atoms with E-state index in [1.54, 1.807) is 12.0 Å². The average molecular weight is 261 g/mol. The summed E-state index contributed by atoms with van der Waals surface area (Å²) in [6.07, 6.45) is 0.838. The second-order valence-electron chi connectivity index (χ2n) is 5.27. The minimum Gasteiger partial charge on any atom is -0.396 e. The first-order valence-corrected chi connectivity index (χ1v) is 6.29. The lowest BCUT2D eigenvalue weighted by Crippen LogP contribution is -2.35. The Bertz CT molecular complexity index is 271. The van der Waals surface area contributed by atoms with Gasteiger partial charge in [-0.05, 0) is 19.8 Å². The largest absolute Gasteiger partial charge is 0.396 e. The predicted octanol–water partition coefficient (Wildman–Crippen LogP) is -0.472. The SMILES string of the molecule is CC(CCC(CO)(CO)CO)C(=O)ON1CC1C. The zero-order valence-corrected chi connectivity index (χ0v) is 11.0. The van der Waals surface area contributed by atoms with E-state index < -0.39 is 5.41 Å². The summed E-state index contributed by atoms with van der Waals surface area (Å²) in [4.78, 5) is 16.8. The fourth-order valence-electron chi connectivity index (χ4n) is 1.57. The summed E-state index contributed by atoms with van der Waals surface area (Å²) in [5, 5.41) is 29.1. The van der Waals surface area contributed by atoms with Crippen molar-refractivity contribution in [3.63, 3.8) is 0 Å². The normalized spacial score (nSPS) is 24.7. The Morgan fingerprint density at radius 3 is 2.28 bits per heavy atom. The Morgan fingerprint density at radius 1 is 1.39 bits per heavy atom. The number of hydrogen-bond donors (Lipinski definition) is 3. The Kier molecular flexibility index (Phi) is 5.52. The van der Waals surface area contributed by atoms with Crippen molar-refractivity contribution in [2.45, 2.75) is 32.7 Å². The quantitative estimate of drug-likeness (QED) is 0.512. The van der Waals surface area contributed by atoms with Crippen molar-refractivity contribution in [1.82, 2.24) is 5.06 Å². The molecule has 3 N–H and O–H groups in total. The van der Waals surface area contributed by atoms with Gasteiger partial charge in [0.15, 0.2) is 0 Å². The van der Waals surface area contributed by atoms with Crippen molar-refractivity contribution >= 4 is 5.97 Å². The number of hydroxylamine groups is 2. The summed E-state index contributed by atoms with van der Waals surface area (Å²) in [5.41, 5.74) is -0.915. The molecular formula is C12H23NO5. The highest BCUT2D eigenvalue weighted by atomic mass is 16.7. The molecule has 1 heterocycles. The van der Waals surface area contributed by atoms with Gasteiger partial charge in [-0.3, -0.25) is 4.79 Å². The lowest BCUT2D eigenvalue weighted by atomic mass is 9.83. The van der Waals surface area contributed by atoms with Gasteiger partial charge in [0.1, 0.15) is 0 Å². The van der Waals surface area contributed by atoms with Crippen LogP contribution >= 0.6 is 0 Å². The molecule has 0 aromatic rings. The molecule has 0 aromatic carbocycles. The molecule has 18 heavy (non-hydrogen) atoms. The first-order chi connectivity index (χ1) is 8.48. The molecule has 6 heteroatoms. The van der Waals surface area contributed by atoms with Gasteiger partial charge < -0.3 is 20.2 Å². The summed E-state index contributed by atoms with van der Waals surface area (Å²) in [7, 11) is 0. The highest BCUT2D eigenvalue weighted by Gasteiger charge is 2.35. The van der Waals surface area contributed by atoms with Crippen LogP contribution in [0.25, 0.3) is 0 Å². The molecule has 1 rings (SSSR count). The van der Waals surface area contributed by atoms with Crippen LogP contribution < -0.4 is 0 Å². The monoisotopic (exact) mass is 261 g/mol. The number of nitrogens with zero attached hydrogens (tertiary/aromatic N) is 1. The molecule has 1 aliphatic heterocycles. The van der Waals surface area contributed by atoms with Gasteiger partial charge in [-0.15, -0.1) is 5.06 Å². The molecule has 0 aromatic heterocycles. The molecule has 0 amide bonds. The number of aliphatic hydroxyl groups excluding tert-OH is 3. The number of carbonyl (C=O) groups excluding carboxylic acids is 1. The fourth-order valence-corrected chi connectivity index (χ4v) is 1.57. The predicted molar refractivity (Wildman–Crippen MR) is 64.3 cm³/mol. The lowest BCUT2D eigenvalue weighted by molar-refractivity contribution is -0.173.